The van der Waals surface area contributed by atoms with Gasteiger partial charge in [0.05, 0.1) is 10.3 Å². The highest BCUT2D eigenvalue weighted by Gasteiger charge is 2.45. The molecule has 0 spiro atoms. The van der Waals surface area contributed by atoms with Crippen molar-refractivity contribution in [2.75, 3.05) is 18.0 Å². The van der Waals surface area contributed by atoms with Crippen LogP contribution in [0.3, 0.4) is 0 Å². The van der Waals surface area contributed by atoms with Gasteiger partial charge < -0.3 is 9.88 Å². The zero-order valence-electron chi connectivity index (χ0n) is 14.8. The van der Waals surface area contributed by atoms with E-state index in [0.29, 0.717) is 11.4 Å². The van der Waals surface area contributed by atoms with E-state index in [1.807, 2.05) is 18.3 Å². The number of aromatic amines is 1. The maximum Gasteiger partial charge on any atom is 0.243 e. The molecule has 0 aliphatic carbocycles. The van der Waals surface area contributed by atoms with Crippen LogP contribution in [0.15, 0.2) is 53.8 Å². The SMILES string of the molecule is O=S(=O)(c1ccccc1)N1CCC[C@@H]2[C@H]1CCN2c1ncnc2[nH]ccc12. The summed E-state index contributed by atoms with van der Waals surface area (Å²) >= 11 is 0. The molecule has 5 rings (SSSR count). The van der Waals surface area contributed by atoms with Crippen LogP contribution < -0.4 is 4.90 Å². The van der Waals surface area contributed by atoms with Gasteiger partial charge in [-0.05, 0) is 37.5 Å². The van der Waals surface area contributed by atoms with Gasteiger partial charge in [-0.25, -0.2) is 18.4 Å². The van der Waals surface area contributed by atoms with E-state index in [-0.39, 0.29) is 12.1 Å². The molecule has 4 heterocycles. The molecule has 0 bridgehead atoms. The van der Waals surface area contributed by atoms with Crippen LogP contribution in [-0.2, 0) is 10.0 Å². The molecule has 1 aromatic carbocycles. The first-order valence-corrected chi connectivity index (χ1v) is 10.7. The van der Waals surface area contributed by atoms with Gasteiger partial charge >= 0.3 is 0 Å². The lowest BCUT2D eigenvalue weighted by Crippen LogP contribution is -2.52. The van der Waals surface area contributed by atoms with Crippen LogP contribution in [0.1, 0.15) is 19.3 Å². The lowest BCUT2D eigenvalue weighted by atomic mass is 9.99. The molecule has 140 valence electrons. The van der Waals surface area contributed by atoms with E-state index in [1.54, 1.807) is 34.9 Å². The molecule has 0 radical (unpaired) electrons. The molecule has 2 fully saturated rings. The van der Waals surface area contributed by atoms with Crippen molar-refractivity contribution in [2.24, 2.45) is 0 Å². The second-order valence-electron chi connectivity index (χ2n) is 7.13. The van der Waals surface area contributed by atoms with Crippen LogP contribution >= 0.6 is 0 Å². The number of hydrogen-bond acceptors (Lipinski definition) is 5. The summed E-state index contributed by atoms with van der Waals surface area (Å²) in [6.45, 7) is 1.38. The van der Waals surface area contributed by atoms with Gasteiger partial charge in [0.15, 0.2) is 0 Å². The number of rotatable bonds is 3. The first kappa shape index (κ1) is 16.7. The molecular weight excluding hydrogens is 362 g/mol. The monoisotopic (exact) mass is 383 g/mol. The number of hydrogen-bond donors (Lipinski definition) is 1. The minimum Gasteiger partial charge on any atom is -0.351 e. The van der Waals surface area contributed by atoms with Gasteiger partial charge in [-0.1, -0.05) is 18.2 Å². The zero-order chi connectivity index (χ0) is 18.4. The minimum absolute atomic E-state index is 0.0205. The van der Waals surface area contributed by atoms with Crippen LogP contribution in [0.25, 0.3) is 11.0 Å². The normalized spacial score (nSPS) is 23.6. The third-order valence-corrected chi connectivity index (χ3v) is 7.65. The van der Waals surface area contributed by atoms with Gasteiger partial charge in [0.1, 0.15) is 17.8 Å². The molecule has 8 heteroatoms. The molecule has 27 heavy (non-hydrogen) atoms. The number of piperidine rings is 1. The molecule has 2 aliphatic heterocycles. The molecule has 3 aromatic rings. The fraction of sp³-hybridized carbons (Fsp3) is 0.368. The van der Waals surface area contributed by atoms with Crippen molar-refractivity contribution in [2.45, 2.75) is 36.2 Å². The standard InChI is InChI=1S/C19H21N5O2S/c25-27(26,14-5-2-1-3-6-14)24-11-4-7-16-17(24)9-12-23(16)19-15-8-10-20-18(15)21-13-22-19/h1-3,5-6,8,10,13,16-17H,4,7,9,11-12H2,(H,20,21,22)/t16-,17-/m1/s1. The largest absolute Gasteiger partial charge is 0.351 e. The maximum atomic E-state index is 13.2. The Bertz CT molecular complexity index is 1070. The van der Waals surface area contributed by atoms with Crippen LogP contribution in [0.5, 0.6) is 0 Å². The van der Waals surface area contributed by atoms with Crippen LogP contribution in [0, 0.1) is 0 Å². The van der Waals surface area contributed by atoms with Crippen molar-refractivity contribution >= 4 is 26.9 Å². The number of nitrogens with one attached hydrogen (secondary N) is 1. The van der Waals surface area contributed by atoms with Crippen molar-refractivity contribution in [3.05, 3.63) is 48.9 Å². The van der Waals surface area contributed by atoms with E-state index in [0.717, 1.165) is 42.7 Å². The van der Waals surface area contributed by atoms with E-state index in [1.165, 1.54) is 0 Å². The zero-order valence-corrected chi connectivity index (χ0v) is 15.6. The van der Waals surface area contributed by atoms with Crippen molar-refractivity contribution < 1.29 is 8.42 Å². The number of nitrogens with zero attached hydrogens (tertiary/aromatic N) is 4. The van der Waals surface area contributed by atoms with Gasteiger partial charge in [0.2, 0.25) is 10.0 Å². The Kier molecular flexibility index (Phi) is 3.91. The van der Waals surface area contributed by atoms with E-state index >= 15 is 0 Å². The van der Waals surface area contributed by atoms with E-state index < -0.39 is 10.0 Å². The predicted molar refractivity (Wildman–Crippen MR) is 103 cm³/mol. The molecule has 0 unspecified atom stereocenters. The summed E-state index contributed by atoms with van der Waals surface area (Å²) < 4.78 is 28.2. The van der Waals surface area contributed by atoms with Crippen molar-refractivity contribution in [3.8, 4) is 0 Å². The summed E-state index contributed by atoms with van der Waals surface area (Å²) in [7, 11) is -3.49. The van der Waals surface area contributed by atoms with Gasteiger partial charge in [0.25, 0.3) is 0 Å². The summed E-state index contributed by atoms with van der Waals surface area (Å²) in [6.07, 6.45) is 6.07. The Morgan fingerprint density at radius 2 is 1.85 bits per heavy atom. The molecule has 0 saturated carbocycles. The Labute approximate surface area is 158 Å². The Morgan fingerprint density at radius 1 is 1.00 bits per heavy atom. The fourth-order valence-electron chi connectivity index (χ4n) is 4.52. The number of anilines is 1. The highest BCUT2D eigenvalue weighted by atomic mass is 32.2. The number of aromatic nitrogens is 3. The summed E-state index contributed by atoms with van der Waals surface area (Å²) in [5.41, 5.74) is 0.813. The van der Waals surface area contributed by atoms with Crippen molar-refractivity contribution in [1.29, 1.82) is 0 Å². The third kappa shape index (κ3) is 2.62. The molecule has 1 N–H and O–H groups in total. The van der Waals surface area contributed by atoms with Gasteiger partial charge in [0, 0.05) is 31.4 Å². The first-order valence-electron chi connectivity index (χ1n) is 9.28. The average Bonchev–Trinajstić information content (AvgIpc) is 3.35. The molecular formula is C19H21N5O2S. The second-order valence-corrected chi connectivity index (χ2v) is 9.02. The van der Waals surface area contributed by atoms with Crippen molar-refractivity contribution in [1.82, 2.24) is 19.3 Å². The maximum absolute atomic E-state index is 13.2. The summed E-state index contributed by atoms with van der Waals surface area (Å²) in [4.78, 5) is 14.6. The molecule has 2 aliphatic rings. The highest BCUT2D eigenvalue weighted by Crippen LogP contribution is 2.38. The molecule has 7 nitrogen and oxygen atoms in total. The van der Waals surface area contributed by atoms with Crippen molar-refractivity contribution in [3.63, 3.8) is 0 Å². The average molecular weight is 383 g/mol. The highest BCUT2D eigenvalue weighted by molar-refractivity contribution is 7.89. The lowest BCUT2D eigenvalue weighted by molar-refractivity contribution is 0.244. The van der Waals surface area contributed by atoms with E-state index in [2.05, 4.69) is 19.9 Å². The van der Waals surface area contributed by atoms with E-state index in [9.17, 15) is 8.42 Å². The Hall–Kier alpha value is -2.45. The second kappa shape index (κ2) is 6.31. The fourth-order valence-corrected chi connectivity index (χ4v) is 6.26. The van der Waals surface area contributed by atoms with E-state index in [4.69, 9.17) is 0 Å². The molecule has 0 amide bonds. The minimum atomic E-state index is -3.49. The number of fused-ring (bicyclic) bond motifs is 2. The predicted octanol–water partition coefficient (Wildman–Crippen LogP) is 2.39. The van der Waals surface area contributed by atoms with Gasteiger partial charge in [-0.15, -0.1) is 0 Å². The number of benzene rings is 1. The number of H-pyrrole nitrogens is 1. The smallest absolute Gasteiger partial charge is 0.243 e. The van der Waals surface area contributed by atoms with Crippen LogP contribution in [-0.4, -0.2) is 52.8 Å². The first-order chi connectivity index (χ1) is 13.2. The molecule has 2 aromatic heterocycles. The summed E-state index contributed by atoms with van der Waals surface area (Å²) in [5, 5.41) is 0.987. The Morgan fingerprint density at radius 3 is 2.70 bits per heavy atom. The topological polar surface area (TPSA) is 82.2 Å². The summed E-state index contributed by atoms with van der Waals surface area (Å²) in [5.74, 6) is 0.896. The van der Waals surface area contributed by atoms with Crippen LogP contribution in [0.4, 0.5) is 5.82 Å². The van der Waals surface area contributed by atoms with Crippen LogP contribution in [0.2, 0.25) is 0 Å². The van der Waals surface area contributed by atoms with Gasteiger partial charge in [-0.3, -0.25) is 0 Å². The molecule has 2 atom stereocenters. The lowest BCUT2D eigenvalue weighted by Gasteiger charge is -2.39. The molecule has 2 saturated heterocycles. The quantitative estimate of drug-likeness (QED) is 0.751. The Balaban J connectivity index is 1.50. The van der Waals surface area contributed by atoms with Gasteiger partial charge in [-0.2, -0.15) is 4.31 Å². The summed E-state index contributed by atoms with van der Waals surface area (Å²) in [6, 6.07) is 10.9. The number of sulfonamides is 1. The third-order valence-electron chi connectivity index (χ3n) is 5.71.